The van der Waals surface area contributed by atoms with Gasteiger partial charge in [0.2, 0.25) is 0 Å². The number of ether oxygens (including phenoxy) is 1. The molecule has 1 N–H and O–H groups in total. The van der Waals surface area contributed by atoms with Crippen molar-refractivity contribution in [3.8, 4) is 0 Å². The second-order valence-corrected chi connectivity index (χ2v) is 3.13. The highest BCUT2D eigenvalue weighted by Crippen LogP contribution is 2.15. The van der Waals surface area contributed by atoms with Crippen LogP contribution in [0.15, 0.2) is 24.3 Å². The number of hydrogen-bond donors (Lipinski definition) is 1. The van der Waals surface area contributed by atoms with Crippen molar-refractivity contribution in [2.24, 2.45) is 0 Å². The Kier molecular flexibility index (Phi) is 2.57. The van der Waals surface area contributed by atoms with Crippen LogP contribution >= 0.6 is 0 Å². The Labute approximate surface area is 76.7 Å². The van der Waals surface area contributed by atoms with Crippen molar-refractivity contribution in [2.45, 2.75) is 6.04 Å². The molecule has 3 heteroatoms. The fraction of sp³-hybridized carbons (Fsp3) is 0.400. The van der Waals surface area contributed by atoms with Crippen LogP contribution in [0.4, 0.5) is 4.39 Å². The fourth-order valence-corrected chi connectivity index (χ4v) is 1.47. The summed E-state index contributed by atoms with van der Waals surface area (Å²) in [6.07, 6.45) is 0. The first-order valence-electron chi connectivity index (χ1n) is 4.43. The van der Waals surface area contributed by atoms with Gasteiger partial charge in [0.05, 0.1) is 19.3 Å². The molecule has 1 aliphatic heterocycles. The van der Waals surface area contributed by atoms with Crippen molar-refractivity contribution in [1.82, 2.24) is 5.32 Å². The van der Waals surface area contributed by atoms with Crippen LogP contribution in [-0.2, 0) is 4.74 Å². The van der Waals surface area contributed by atoms with Crippen molar-refractivity contribution in [2.75, 3.05) is 19.8 Å². The molecule has 1 aromatic rings. The van der Waals surface area contributed by atoms with Gasteiger partial charge in [-0.3, -0.25) is 0 Å². The van der Waals surface area contributed by atoms with Gasteiger partial charge in [0.1, 0.15) is 5.82 Å². The van der Waals surface area contributed by atoms with Crippen molar-refractivity contribution in [1.29, 1.82) is 0 Å². The lowest BCUT2D eigenvalue weighted by molar-refractivity contribution is 0.0768. The highest BCUT2D eigenvalue weighted by Gasteiger charge is 2.14. The van der Waals surface area contributed by atoms with E-state index in [1.54, 1.807) is 12.1 Å². The van der Waals surface area contributed by atoms with E-state index in [9.17, 15) is 4.39 Å². The van der Waals surface area contributed by atoms with Gasteiger partial charge in [-0.25, -0.2) is 4.39 Å². The lowest BCUT2D eigenvalue weighted by atomic mass is 10.1. The molecule has 2 nitrogen and oxygen atoms in total. The number of morpholine rings is 1. The van der Waals surface area contributed by atoms with Gasteiger partial charge in [-0.1, -0.05) is 12.1 Å². The number of hydrogen-bond acceptors (Lipinski definition) is 2. The van der Waals surface area contributed by atoms with E-state index in [1.807, 2.05) is 0 Å². The molecule has 0 saturated carbocycles. The summed E-state index contributed by atoms with van der Waals surface area (Å²) in [5, 5.41) is 3.31. The van der Waals surface area contributed by atoms with E-state index in [1.165, 1.54) is 12.1 Å². The third kappa shape index (κ3) is 2.05. The Hall–Kier alpha value is -0.930. The maximum atomic E-state index is 12.6. The highest BCUT2D eigenvalue weighted by molar-refractivity contribution is 5.20. The summed E-state index contributed by atoms with van der Waals surface area (Å²) in [4.78, 5) is 0. The topological polar surface area (TPSA) is 21.3 Å². The minimum Gasteiger partial charge on any atom is -0.378 e. The zero-order chi connectivity index (χ0) is 9.10. The normalized spacial score (nSPS) is 23.0. The number of benzene rings is 1. The van der Waals surface area contributed by atoms with E-state index in [4.69, 9.17) is 4.74 Å². The van der Waals surface area contributed by atoms with Crippen LogP contribution in [0.3, 0.4) is 0 Å². The minimum absolute atomic E-state index is 0.194. The van der Waals surface area contributed by atoms with Gasteiger partial charge < -0.3 is 10.1 Å². The van der Waals surface area contributed by atoms with Crippen molar-refractivity contribution >= 4 is 0 Å². The SMILES string of the molecule is Fc1ccc(C2COCCN2)cc1. The Morgan fingerprint density at radius 2 is 2.08 bits per heavy atom. The molecule has 1 atom stereocenters. The third-order valence-corrected chi connectivity index (χ3v) is 2.19. The van der Waals surface area contributed by atoms with Crippen LogP contribution in [-0.4, -0.2) is 19.8 Å². The molecule has 1 unspecified atom stereocenters. The maximum Gasteiger partial charge on any atom is 0.123 e. The molecule has 1 saturated heterocycles. The summed E-state index contributed by atoms with van der Waals surface area (Å²) in [5.41, 5.74) is 1.08. The molecular formula is C10H12FNO. The van der Waals surface area contributed by atoms with E-state index in [0.29, 0.717) is 6.61 Å². The Morgan fingerprint density at radius 3 is 2.69 bits per heavy atom. The standard InChI is InChI=1S/C10H12FNO/c11-9-3-1-8(2-4-9)10-7-13-6-5-12-10/h1-4,10,12H,5-7H2. The maximum absolute atomic E-state index is 12.6. The first-order valence-corrected chi connectivity index (χ1v) is 4.43. The summed E-state index contributed by atoms with van der Waals surface area (Å²) in [5.74, 6) is -0.194. The molecule has 0 bridgehead atoms. The molecule has 0 radical (unpaired) electrons. The molecule has 1 heterocycles. The largest absolute Gasteiger partial charge is 0.378 e. The van der Waals surface area contributed by atoms with E-state index >= 15 is 0 Å². The zero-order valence-corrected chi connectivity index (χ0v) is 7.29. The quantitative estimate of drug-likeness (QED) is 0.708. The van der Waals surface area contributed by atoms with Crippen LogP contribution in [0.25, 0.3) is 0 Å². The van der Waals surface area contributed by atoms with Gasteiger partial charge in [0.25, 0.3) is 0 Å². The van der Waals surface area contributed by atoms with Crippen LogP contribution in [0.1, 0.15) is 11.6 Å². The van der Waals surface area contributed by atoms with E-state index in [-0.39, 0.29) is 11.9 Å². The summed E-state index contributed by atoms with van der Waals surface area (Å²) in [7, 11) is 0. The first-order chi connectivity index (χ1) is 6.36. The van der Waals surface area contributed by atoms with Crippen LogP contribution in [0.2, 0.25) is 0 Å². The molecule has 0 spiro atoms. The predicted octanol–water partition coefficient (Wildman–Crippen LogP) is 1.49. The van der Waals surface area contributed by atoms with Gasteiger partial charge in [0.15, 0.2) is 0 Å². The fourth-order valence-electron chi connectivity index (χ4n) is 1.47. The third-order valence-electron chi connectivity index (χ3n) is 2.19. The molecule has 1 aromatic carbocycles. The van der Waals surface area contributed by atoms with Crippen molar-refractivity contribution in [3.05, 3.63) is 35.6 Å². The van der Waals surface area contributed by atoms with Gasteiger partial charge in [-0.05, 0) is 17.7 Å². The van der Waals surface area contributed by atoms with Crippen LogP contribution in [0.5, 0.6) is 0 Å². The van der Waals surface area contributed by atoms with Crippen molar-refractivity contribution < 1.29 is 9.13 Å². The van der Waals surface area contributed by atoms with E-state index < -0.39 is 0 Å². The van der Waals surface area contributed by atoms with Crippen LogP contribution < -0.4 is 5.32 Å². The van der Waals surface area contributed by atoms with Gasteiger partial charge in [0, 0.05) is 6.54 Å². The molecule has 0 aromatic heterocycles. The summed E-state index contributed by atoms with van der Waals surface area (Å²) in [6.45, 7) is 2.30. The van der Waals surface area contributed by atoms with E-state index in [0.717, 1.165) is 18.7 Å². The summed E-state index contributed by atoms with van der Waals surface area (Å²) < 4.78 is 17.9. The molecular weight excluding hydrogens is 169 g/mol. The Bertz CT molecular complexity index is 267. The number of nitrogens with one attached hydrogen (secondary N) is 1. The van der Waals surface area contributed by atoms with Gasteiger partial charge >= 0.3 is 0 Å². The number of halogens is 1. The lowest BCUT2D eigenvalue weighted by Crippen LogP contribution is -2.34. The average Bonchev–Trinajstić information content (AvgIpc) is 2.20. The predicted molar refractivity (Wildman–Crippen MR) is 48.0 cm³/mol. The Morgan fingerprint density at radius 1 is 1.31 bits per heavy atom. The van der Waals surface area contributed by atoms with E-state index in [2.05, 4.69) is 5.32 Å². The molecule has 13 heavy (non-hydrogen) atoms. The molecule has 1 aliphatic rings. The zero-order valence-electron chi connectivity index (χ0n) is 7.29. The molecule has 70 valence electrons. The number of rotatable bonds is 1. The first kappa shape index (κ1) is 8.66. The smallest absolute Gasteiger partial charge is 0.123 e. The summed E-state index contributed by atoms with van der Waals surface area (Å²) in [6, 6.07) is 6.76. The van der Waals surface area contributed by atoms with Gasteiger partial charge in [-0.15, -0.1) is 0 Å². The Balaban J connectivity index is 2.10. The summed E-state index contributed by atoms with van der Waals surface area (Å²) >= 11 is 0. The molecule has 2 rings (SSSR count). The second-order valence-electron chi connectivity index (χ2n) is 3.13. The van der Waals surface area contributed by atoms with Crippen LogP contribution in [0, 0.1) is 5.82 Å². The monoisotopic (exact) mass is 181 g/mol. The van der Waals surface area contributed by atoms with Gasteiger partial charge in [-0.2, -0.15) is 0 Å². The molecule has 1 fully saturated rings. The minimum atomic E-state index is -0.194. The second kappa shape index (κ2) is 3.85. The molecule has 0 aliphatic carbocycles. The van der Waals surface area contributed by atoms with Crippen molar-refractivity contribution in [3.63, 3.8) is 0 Å². The average molecular weight is 181 g/mol. The molecule has 0 amide bonds. The lowest BCUT2D eigenvalue weighted by Gasteiger charge is -2.23. The highest BCUT2D eigenvalue weighted by atomic mass is 19.1.